The summed E-state index contributed by atoms with van der Waals surface area (Å²) in [6, 6.07) is 16.0. The zero-order valence-corrected chi connectivity index (χ0v) is 13.4. The van der Waals surface area contributed by atoms with E-state index in [2.05, 4.69) is 10.4 Å². The summed E-state index contributed by atoms with van der Waals surface area (Å²) >= 11 is 0. The van der Waals surface area contributed by atoms with Crippen LogP contribution in [-0.2, 0) is 4.79 Å². The van der Waals surface area contributed by atoms with Crippen LogP contribution in [0.1, 0.15) is 12.6 Å². The number of para-hydroxylation sites is 2. The van der Waals surface area contributed by atoms with Crippen LogP contribution < -0.4 is 15.6 Å². The lowest BCUT2D eigenvalue weighted by Crippen LogP contribution is -2.17. The number of nitrogens with zero attached hydrogens (tertiary/aromatic N) is 1. The number of ether oxygens (including phenoxy) is 1. The first-order valence-electron chi connectivity index (χ1n) is 7.47. The summed E-state index contributed by atoms with van der Waals surface area (Å²) in [4.78, 5) is 23.8. The van der Waals surface area contributed by atoms with E-state index in [4.69, 9.17) is 4.74 Å². The fourth-order valence-electron chi connectivity index (χ4n) is 2.40. The van der Waals surface area contributed by atoms with Gasteiger partial charge in [0.2, 0.25) is 5.91 Å². The molecule has 0 radical (unpaired) electrons. The van der Waals surface area contributed by atoms with Crippen molar-refractivity contribution in [3.8, 4) is 17.2 Å². The molecule has 0 aliphatic carbocycles. The molecule has 6 nitrogen and oxygen atoms in total. The van der Waals surface area contributed by atoms with Crippen LogP contribution in [0, 0.1) is 6.92 Å². The number of carbonyl (C=O) groups excluding carboxylic acids is 1. The number of anilines is 1. The summed E-state index contributed by atoms with van der Waals surface area (Å²) in [7, 11) is 0. The molecule has 122 valence electrons. The second-order valence-electron chi connectivity index (χ2n) is 5.36. The molecule has 0 saturated heterocycles. The molecule has 3 aromatic rings. The Balaban J connectivity index is 2.12. The van der Waals surface area contributed by atoms with Gasteiger partial charge in [0.15, 0.2) is 5.75 Å². The van der Waals surface area contributed by atoms with E-state index in [0.717, 1.165) is 5.69 Å². The molecule has 6 heteroatoms. The highest BCUT2D eigenvalue weighted by atomic mass is 16.5. The minimum Gasteiger partial charge on any atom is -0.455 e. The molecule has 1 amide bonds. The van der Waals surface area contributed by atoms with Crippen molar-refractivity contribution in [1.82, 2.24) is 9.78 Å². The van der Waals surface area contributed by atoms with E-state index in [-0.39, 0.29) is 11.5 Å². The van der Waals surface area contributed by atoms with Crippen molar-refractivity contribution >= 4 is 11.6 Å². The summed E-state index contributed by atoms with van der Waals surface area (Å²) in [6.07, 6.45) is 0. The van der Waals surface area contributed by atoms with E-state index in [0.29, 0.717) is 22.9 Å². The number of aromatic nitrogens is 2. The van der Waals surface area contributed by atoms with Crippen molar-refractivity contribution < 1.29 is 9.53 Å². The fourth-order valence-corrected chi connectivity index (χ4v) is 2.40. The summed E-state index contributed by atoms with van der Waals surface area (Å²) < 4.78 is 7.25. The predicted octanol–water partition coefficient (Wildman–Crippen LogP) is 3.22. The molecule has 3 rings (SSSR count). The van der Waals surface area contributed by atoms with Crippen molar-refractivity contribution in [3.63, 3.8) is 0 Å². The van der Waals surface area contributed by atoms with Gasteiger partial charge in [-0.15, -0.1) is 0 Å². The van der Waals surface area contributed by atoms with Crippen LogP contribution in [-0.4, -0.2) is 15.7 Å². The minimum atomic E-state index is -0.253. The maximum absolute atomic E-state index is 12.1. The molecule has 0 saturated carbocycles. The third-order valence-corrected chi connectivity index (χ3v) is 3.37. The van der Waals surface area contributed by atoms with E-state index in [9.17, 15) is 9.59 Å². The molecule has 0 spiro atoms. The lowest BCUT2D eigenvalue weighted by molar-refractivity contribution is -0.114. The van der Waals surface area contributed by atoms with Crippen LogP contribution in [0.5, 0.6) is 11.5 Å². The Morgan fingerprint density at radius 3 is 2.50 bits per heavy atom. The van der Waals surface area contributed by atoms with Crippen molar-refractivity contribution in [1.29, 1.82) is 0 Å². The van der Waals surface area contributed by atoms with E-state index >= 15 is 0 Å². The normalized spacial score (nSPS) is 10.4. The molecule has 0 bridgehead atoms. The SMILES string of the molecule is CC(=O)Nc1c(Oc2ccccc2)cccc1-n1[nH]c(C)cc1=O. The number of hydrogen-bond donors (Lipinski definition) is 2. The van der Waals surface area contributed by atoms with Gasteiger partial charge < -0.3 is 10.1 Å². The van der Waals surface area contributed by atoms with Gasteiger partial charge in [-0.2, -0.15) is 0 Å². The van der Waals surface area contributed by atoms with Crippen LogP contribution in [0.3, 0.4) is 0 Å². The van der Waals surface area contributed by atoms with Gasteiger partial charge in [0, 0.05) is 18.7 Å². The summed E-state index contributed by atoms with van der Waals surface area (Å²) in [5, 5.41) is 5.72. The number of rotatable bonds is 4. The number of aromatic amines is 1. The Morgan fingerprint density at radius 2 is 1.88 bits per heavy atom. The quantitative estimate of drug-likeness (QED) is 0.774. The largest absolute Gasteiger partial charge is 0.455 e. The van der Waals surface area contributed by atoms with E-state index in [1.54, 1.807) is 25.1 Å². The average molecular weight is 323 g/mol. The number of hydrogen-bond acceptors (Lipinski definition) is 3. The van der Waals surface area contributed by atoms with Crippen LogP contribution in [0.4, 0.5) is 5.69 Å². The zero-order valence-electron chi connectivity index (χ0n) is 13.4. The maximum Gasteiger partial charge on any atom is 0.271 e. The van der Waals surface area contributed by atoms with Crippen LogP contribution in [0.15, 0.2) is 59.4 Å². The smallest absolute Gasteiger partial charge is 0.271 e. The standard InChI is InChI=1S/C18H17N3O3/c1-12-11-17(23)21(20-12)15-9-6-10-16(18(15)19-13(2)22)24-14-7-4-3-5-8-14/h3-11,20H,1-2H3,(H,19,22). The van der Waals surface area contributed by atoms with E-state index in [1.807, 2.05) is 30.3 Å². The van der Waals surface area contributed by atoms with Crippen molar-refractivity contribution in [2.45, 2.75) is 13.8 Å². The van der Waals surface area contributed by atoms with Gasteiger partial charge in [-0.3, -0.25) is 14.7 Å². The van der Waals surface area contributed by atoms with Gasteiger partial charge in [0.05, 0.1) is 5.69 Å². The molecular weight excluding hydrogens is 306 g/mol. The molecule has 2 aromatic carbocycles. The third-order valence-electron chi connectivity index (χ3n) is 3.37. The van der Waals surface area contributed by atoms with Crippen molar-refractivity contribution in [3.05, 3.63) is 70.6 Å². The third kappa shape index (κ3) is 3.22. The Hall–Kier alpha value is -3.28. The molecule has 24 heavy (non-hydrogen) atoms. The number of H-pyrrole nitrogens is 1. The van der Waals surface area contributed by atoms with E-state index < -0.39 is 0 Å². The number of carbonyl (C=O) groups is 1. The number of benzene rings is 2. The Kier molecular flexibility index (Phi) is 4.20. The topological polar surface area (TPSA) is 76.1 Å². The predicted molar refractivity (Wildman–Crippen MR) is 91.9 cm³/mol. The number of aryl methyl sites for hydroxylation is 1. The minimum absolute atomic E-state index is 0.212. The second kappa shape index (κ2) is 6.45. The van der Waals surface area contributed by atoms with Crippen LogP contribution in [0.2, 0.25) is 0 Å². The van der Waals surface area contributed by atoms with Crippen LogP contribution >= 0.6 is 0 Å². The molecule has 0 aliphatic heterocycles. The maximum atomic E-state index is 12.1. The summed E-state index contributed by atoms with van der Waals surface area (Å²) in [6.45, 7) is 3.20. The van der Waals surface area contributed by atoms with Gasteiger partial charge in [-0.25, -0.2) is 4.68 Å². The fraction of sp³-hybridized carbons (Fsp3) is 0.111. The molecule has 0 fully saturated rings. The first-order valence-corrected chi connectivity index (χ1v) is 7.47. The second-order valence-corrected chi connectivity index (χ2v) is 5.36. The zero-order chi connectivity index (χ0) is 17.1. The van der Waals surface area contributed by atoms with Crippen molar-refractivity contribution in [2.75, 3.05) is 5.32 Å². The lowest BCUT2D eigenvalue weighted by Gasteiger charge is -2.15. The van der Waals surface area contributed by atoms with Gasteiger partial charge >= 0.3 is 0 Å². The van der Waals surface area contributed by atoms with Gasteiger partial charge in [-0.05, 0) is 31.2 Å². The number of amides is 1. The Labute approximate surface area is 138 Å². The molecule has 2 N–H and O–H groups in total. The lowest BCUT2D eigenvalue weighted by atomic mass is 10.2. The Bertz CT molecular complexity index is 926. The monoisotopic (exact) mass is 323 g/mol. The van der Waals surface area contributed by atoms with Crippen LogP contribution in [0.25, 0.3) is 5.69 Å². The highest BCUT2D eigenvalue weighted by Crippen LogP contribution is 2.34. The van der Waals surface area contributed by atoms with Gasteiger partial charge in [-0.1, -0.05) is 24.3 Å². The van der Waals surface area contributed by atoms with Crippen molar-refractivity contribution in [2.24, 2.45) is 0 Å². The highest BCUT2D eigenvalue weighted by Gasteiger charge is 2.15. The van der Waals surface area contributed by atoms with E-state index in [1.165, 1.54) is 17.7 Å². The average Bonchev–Trinajstić information content (AvgIpc) is 2.88. The molecule has 1 heterocycles. The van der Waals surface area contributed by atoms with Gasteiger partial charge in [0.25, 0.3) is 5.56 Å². The summed E-state index contributed by atoms with van der Waals surface area (Å²) in [5.74, 6) is 0.834. The van der Waals surface area contributed by atoms with Gasteiger partial charge in [0.1, 0.15) is 11.4 Å². The molecule has 0 unspecified atom stereocenters. The first kappa shape index (κ1) is 15.6. The molecule has 0 atom stereocenters. The Morgan fingerprint density at radius 1 is 1.12 bits per heavy atom. The number of nitrogens with one attached hydrogen (secondary N) is 2. The highest BCUT2D eigenvalue weighted by molar-refractivity contribution is 5.93. The summed E-state index contributed by atoms with van der Waals surface area (Å²) in [5.41, 5.74) is 1.45. The molecule has 1 aromatic heterocycles. The molecular formula is C18H17N3O3. The molecule has 0 aliphatic rings. The first-order chi connectivity index (χ1) is 11.5.